The summed E-state index contributed by atoms with van der Waals surface area (Å²) in [7, 11) is 0. The molecule has 0 aromatic carbocycles. The molecule has 4 heteroatoms. The molecule has 0 amide bonds. The third-order valence-electron chi connectivity index (χ3n) is 2.15. The van der Waals surface area contributed by atoms with Gasteiger partial charge in [-0.2, -0.15) is 0 Å². The Hall–Kier alpha value is -0.610. The van der Waals surface area contributed by atoms with E-state index in [1.807, 2.05) is 0 Å². The molecule has 4 nitrogen and oxygen atoms in total. The minimum absolute atomic E-state index is 0.195. The zero-order valence-corrected chi connectivity index (χ0v) is 5.92. The van der Waals surface area contributed by atoms with Crippen LogP contribution in [0.3, 0.4) is 0 Å². The lowest BCUT2D eigenvalue weighted by atomic mass is 9.67. The number of aliphatic carboxylic acids is 1. The van der Waals surface area contributed by atoms with Gasteiger partial charge in [0.1, 0.15) is 0 Å². The number of hydrogen-bond donors (Lipinski definition) is 3. The molecule has 0 aliphatic heterocycles. The summed E-state index contributed by atoms with van der Waals surface area (Å²) < 4.78 is 0. The molecular formula is C6H12N2O2. The van der Waals surface area contributed by atoms with Crippen LogP contribution in [-0.4, -0.2) is 17.1 Å². The number of rotatable bonds is 2. The lowest BCUT2D eigenvalue weighted by molar-refractivity contribution is -0.154. The van der Waals surface area contributed by atoms with E-state index in [1.54, 1.807) is 6.92 Å². The van der Waals surface area contributed by atoms with Crippen molar-refractivity contribution in [3.8, 4) is 0 Å². The predicted octanol–water partition coefficient (Wildman–Crippen LogP) is -0.297. The van der Waals surface area contributed by atoms with Gasteiger partial charge in [0.25, 0.3) is 0 Å². The molecule has 0 aromatic rings. The molecule has 0 spiro atoms. The number of carboxylic acids is 1. The molecule has 1 fully saturated rings. The smallest absolute Gasteiger partial charge is 0.309 e. The van der Waals surface area contributed by atoms with Crippen molar-refractivity contribution in [2.24, 2.45) is 11.3 Å². The zero-order valence-electron chi connectivity index (χ0n) is 5.92. The van der Waals surface area contributed by atoms with Gasteiger partial charge >= 0.3 is 5.97 Å². The maximum atomic E-state index is 10.5. The molecule has 0 aromatic heterocycles. The highest BCUT2D eigenvalue weighted by Crippen LogP contribution is 2.40. The van der Waals surface area contributed by atoms with E-state index >= 15 is 0 Å². The topological polar surface area (TPSA) is 75.3 Å². The van der Waals surface area contributed by atoms with Crippen molar-refractivity contribution in [1.82, 2.24) is 5.43 Å². The highest BCUT2D eigenvalue weighted by molar-refractivity contribution is 5.75. The molecule has 58 valence electrons. The Morgan fingerprint density at radius 1 is 1.80 bits per heavy atom. The fraction of sp³-hybridized carbons (Fsp3) is 0.833. The number of nitrogens with one attached hydrogen (secondary N) is 1. The first-order valence-electron chi connectivity index (χ1n) is 3.28. The van der Waals surface area contributed by atoms with Crippen LogP contribution in [0.1, 0.15) is 19.8 Å². The van der Waals surface area contributed by atoms with Crippen molar-refractivity contribution >= 4 is 5.97 Å². The molecule has 1 saturated carbocycles. The second-order valence-corrected chi connectivity index (χ2v) is 3.14. The second kappa shape index (κ2) is 2.21. The summed E-state index contributed by atoms with van der Waals surface area (Å²) in [5.74, 6) is 4.39. The van der Waals surface area contributed by atoms with Gasteiger partial charge in [-0.05, 0) is 19.8 Å². The van der Waals surface area contributed by atoms with Crippen LogP contribution in [0, 0.1) is 5.41 Å². The van der Waals surface area contributed by atoms with Gasteiger partial charge < -0.3 is 5.11 Å². The van der Waals surface area contributed by atoms with Gasteiger partial charge in [0, 0.05) is 6.04 Å². The van der Waals surface area contributed by atoms with Crippen molar-refractivity contribution in [2.75, 3.05) is 0 Å². The van der Waals surface area contributed by atoms with Gasteiger partial charge in [-0.3, -0.25) is 16.1 Å². The third-order valence-corrected chi connectivity index (χ3v) is 2.15. The Balaban J connectivity index is 2.42. The standard InChI is InChI=1S/C6H12N2O2/c1-6(5(9)10)2-4(3-6)8-7/h4,8H,2-3,7H2,1H3,(H,9,10). The van der Waals surface area contributed by atoms with E-state index in [9.17, 15) is 4.79 Å². The van der Waals surface area contributed by atoms with Crippen molar-refractivity contribution in [3.63, 3.8) is 0 Å². The lowest BCUT2D eigenvalue weighted by Gasteiger charge is -2.41. The van der Waals surface area contributed by atoms with E-state index in [2.05, 4.69) is 5.43 Å². The maximum absolute atomic E-state index is 10.5. The SMILES string of the molecule is CC1(C(=O)O)CC(NN)C1. The summed E-state index contributed by atoms with van der Waals surface area (Å²) in [5.41, 5.74) is 2.02. The molecule has 0 unspecified atom stereocenters. The van der Waals surface area contributed by atoms with Gasteiger partial charge in [-0.25, -0.2) is 0 Å². The van der Waals surface area contributed by atoms with Gasteiger partial charge in [0.15, 0.2) is 0 Å². The van der Waals surface area contributed by atoms with Crippen LogP contribution in [0.4, 0.5) is 0 Å². The number of hydrazine groups is 1. The van der Waals surface area contributed by atoms with Crippen LogP contribution in [0.15, 0.2) is 0 Å². The largest absolute Gasteiger partial charge is 0.481 e. The molecule has 4 N–H and O–H groups in total. The highest BCUT2D eigenvalue weighted by Gasteiger charge is 2.45. The first-order chi connectivity index (χ1) is 4.58. The van der Waals surface area contributed by atoms with Gasteiger partial charge in [-0.15, -0.1) is 0 Å². The fourth-order valence-electron chi connectivity index (χ4n) is 1.32. The zero-order chi connectivity index (χ0) is 7.78. The van der Waals surface area contributed by atoms with E-state index in [0.717, 1.165) is 0 Å². The first kappa shape index (κ1) is 7.50. The molecule has 0 heterocycles. The van der Waals surface area contributed by atoms with Crippen molar-refractivity contribution < 1.29 is 9.90 Å². The number of hydrogen-bond acceptors (Lipinski definition) is 3. The molecule has 0 bridgehead atoms. The van der Waals surface area contributed by atoms with Crippen molar-refractivity contribution in [3.05, 3.63) is 0 Å². The number of nitrogens with two attached hydrogens (primary N) is 1. The van der Waals surface area contributed by atoms with Gasteiger partial charge in [0.05, 0.1) is 5.41 Å². The molecular weight excluding hydrogens is 132 g/mol. The summed E-state index contributed by atoms with van der Waals surface area (Å²) >= 11 is 0. The molecule has 1 rings (SSSR count). The van der Waals surface area contributed by atoms with Gasteiger partial charge in [0.2, 0.25) is 0 Å². The maximum Gasteiger partial charge on any atom is 0.309 e. The number of carboxylic acid groups (broad SMARTS) is 1. The molecule has 1 aliphatic carbocycles. The minimum Gasteiger partial charge on any atom is -0.481 e. The predicted molar refractivity (Wildman–Crippen MR) is 36.1 cm³/mol. The summed E-state index contributed by atoms with van der Waals surface area (Å²) in [6.07, 6.45) is 1.28. The van der Waals surface area contributed by atoms with Gasteiger partial charge in [-0.1, -0.05) is 0 Å². The minimum atomic E-state index is -0.723. The van der Waals surface area contributed by atoms with E-state index in [-0.39, 0.29) is 6.04 Å². The van der Waals surface area contributed by atoms with E-state index in [1.165, 1.54) is 0 Å². The molecule has 1 aliphatic rings. The van der Waals surface area contributed by atoms with Crippen LogP contribution in [0.25, 0.3) is 0 Å². The third kappa shape index (κ3) is 0.998. The first-order valence-corrected chi connectivity index (χ1v) is 3.28. The quantitative estimate of drug-likeness (QED) is 0.367. The average Bonchev–Trinajstić information content (AvgIpc) is 1.80. The van der Waals surface area contributed by atoms with Crippen LogP contribution in [0.5, 0.6) is 0 Å². The molecule has 10 heavy (non-hydrogen) atoms. The van der Waals surface area contributed by atoms with Crippen LogP contribution in [0.2, 0.25) is 0 Å². The second-order valence-electron chi connectivity index (χ2n) is 3.14. The van der Waals surface area contributed by atoms with Crippen LogP contribution in [-0.2, 0) is 4.79 Å². The van der Waals surface area contributed by atoms with Crippen LogP contribution >= 0.6 is 0 Å². The normalized spacial score (nSPS) is 38.8. The Morgan fingerprint density at radius 3 is 2.60 bits per heavy atom. The Labute approximate surface area is 59.4 Å². The van der Waals surface area contributed by atoms with E-state index < -0.39 is 11.4 Å². The summed E-state index contributed by atoms with van der Waals surface area (Å²) in [4.78, 5) is 10.5. The van der Waals surface area contributed by atoms with E-state index in [4.69, 9.17) is 10.9 Å². The van der Waals surface area contributed by atoms with E-state index in [0.29, 0.717) is 12.8 Å². The molecule has 0 radical (unpaired) electrons. The average molecular weight is 144 g/mol. The van der Waals surface area contributed by atoms with Crippen molar-refractivity contribution in [1.29, 1.82) is 0 Å². The summed E-state index contributed by atoms with van der Waals surface area (Å²) in [5, 5.41) is 8.64. The number of carbonyl (C=O) groups is 1. The Kier molecular flexibility index (Phi) is 1.66. The molecule has 0 atom stereocenters. The summed E-state index contributed by atoms with van der Waals surface area (Å²) in [6.45, 7) is 1.74. The summed E-state index contributed by atoms with van der Waals surface area (Å²) in [6, 6.07) is 0.195. The highest BCUT2D eigenvalue weighted by atomic mass is 16.4. The Bertz CT molecular complexity index is 152. The lowest BCUT2D eigenvalue weighted by Crippen LogP contribution is -2.53. The van der Waals surface area contributed by atoms with Crippen LogP contribution < -0.4 is 11.3 Å². The molecule has 0 saturated heterocycles. The fourth-order valence-corrected chi connectivity index (χ4v) is 1.32. The van der Waals surface area contributed by atoms with Crippen molar-refractivity contribution in [2.45, 2.75) is 25.8 Å². The Morgan fingerprint density at radius 2 is 2.30 bits per heavy atom. The monoisotopic (exact) mass is 144 g/mol.